The molecule has 2 N–H and O–H groups in total. The summed E-state index contributed by atoms with van der Waals surface area (Å²) < 4.78 is 5.32. The molecule has 1 aliphatic rings. The van der Waals surface area contributed by atoms with Crippen LogP contribution in [0.25, 0.3) is 0 Å². The van der Waals surface area contributed by atoms with Gasteiger partial charge in [0.05, 0.1) is 12.8 Å². The van der Waals surface area contributed by atoms with Crippen LogP contribution in [0.15, 0.2) is 18.2 Å². The quantitative estimate of drug-likeness (QED) is 0.854. The Balaban J connectivity index is 2.23. The molecule has 1 unspecified atom stereocenters. The van der Waals surface area contributed by atoms with Crippen LogP contribution >= 0.6 is 0 Å². The van der Waals surface area contributed by atoms with Gasteiger partial charge in [-0.1, -0.05) is 12.1 Å². The number of hydrogen-bond acceptors (Lipinski definition) is 3. The summed E-state index contributed by atoms with van der Waals surface area (Å²) in [4.78, 5) is 11.3. The van der Waals surface area contributed by atoms with Gasteiger partial charge in [-0.05, 0) is 43.5 Å². The first-order valence-electron chi connectivity index (χ1n) is 6.35. The molecule has 2 rings (SSSR count). The van der Waals surface area contributed by atoms with Crippen molar-refractivity contribution in [2.24, 2.45) is 5.92 Å². The summed E-state index contributed by atoms with van der Waals surface area (Å²) in [5.41, 5.74) is 1.97. The minimum atomic E-state index is -0.0645. The number of hydrogen-bond donors (Lipinski definition) is 2. The Labute approximate surface area is 108 Å². The van der Waals surface area contributed by atoms with Crippen molar-refractivity contribution >= 4 is 11.6 Å². The van der Waals surface area contributed by atoms with Crippen LogP contribution in [-0.2, 0) is 11.2 Å². The topological polar surface area (TPSA) is 50.4 Å². The van der Waals surface area contributed by atoms with Crippen molar-refractivity contribution in [2.75, 3.05) is 25.5 Å². The average Bonchev–Trinajstić information content (AvgIpc) is 2.83. The van der Waals surface area contributed by atoms with Gasteiger partial charge in [0.15, 0.2) is 0 Å². The number of nitrogens with one attached hydrogen (secondary N) is 2. The Morgan fingerprint density at radius 2 is 2.39 bits per heavy atom. The van der Waals surface area contributed by atoms with Crippen LogP contribution < -0.4 is 15.4 Å². The van der Waals surface area contributed by atoms with Crippen molar-refractivity contribution in [3.63, 3.8) is 0 Å². The largest absolute Gasteiger partial charge is 0.495 e. The minimum Gasteiger partial charge on any atom is -0.495 e. The predicted octanol–water partition coefficient (Wildman–Crippen LogP) is 1.81. The molecule has 0 aromatic heterocycles. The molecule has 98 valence electrons. The maximum atomic E-state index is 11.3. The van der Waals surface area contributed by atoms with Crippen LogP contribution in [-0.4, -0.2) is 26.1 Å². The lowest BCUT2D eigenvalue weighted by atomic mass is 9.97. The molecular formula is C14H20N2O2. The smallest absolute Gasteiger partial charge is 0.221 e. The second-order valence-corrected chi connectivity index (χ2v) is 4.74. The third kappa shape index (κ3) is 3.01. The lowest BCUT2D eigenvalue weighted by Crippen LogP contribution is -2.14. The summed E-state index contributed by atoms with van der Waals surface area (Å²) in [6, 6.07) is 5.91. The minimum absolute atomic E-state index is 0.0645. The molecule has 4 nitrogen and oxygen atoms in total. The van der Waals surface area contributed by atoms with E-state index >= 15 is 0 Å². The zero-order valence-corrected chi connectivity index (χ0v) is 11.0. The zero-order valence-electron chi connectivity index (χ0n) is 11.0. The highest BCUT2D eigenvalue weighted by molar-refractivity contribution is 5.91. The fraction of sp³-hybridized carbons (Fsp3) is 0.500. The predicted molar refractivity (Wildman–Crippen MR) is 72.0 cm³/mol. The molecule has 1 fully saturated rings. The number of amides is 1. The van der Waals surface area contributed by atoms with Gasteiger partial charge in [-0.2, -0.15) is 0 Å². The number of anilines is 1. The van der Waals surface area contributed by atoms with Crippen molar-refractivity contribution in [3.8, 4) is 5.75 Å². The number of benzene rings is 1. The van der Waals surface area contributed by atoms with E-state index in [4.69, 9.17) is 4.74 Å². The number of para-hydroxylation sites is 1. The number of ether oxygens (including phenoxy) is 1. The molecule has 1 amide bonds. The summed E-state index contributed by atoms with van der Waals surface area (Å²) in [5, 5.41) is 6.25. The van der Waals surface area contributed by atoms with Crippen molar-refractivity contribution in [1.29, 1.82) is 0 Å². The highest BCUT2D eigenvalue weighted by Crippen LogP contribution is 2.31. The van der Waals surface area contributed by atoms with E-state index in [9.17, 15) is 4.79 Å². The van der Waals surface area contributed by atoms with E-state index in [2.05, 4.69) is 16.7 Å². The summed E-state index contributed by atoms with van der Waals surface area (Å²) in [6.45, 7) is 3.66. The summed E-state index contributed by atoms with van der Waals surface area (Å²) in [5.74, 6) is 1.31. The Morgan fingerprint density at radius 3 is 3.00 bits per heavy atom. The molecule has 1 atom stereocenters. The van der Waals surface area contributed by atoms with E-state index in [-0.39, 0.29) is 5.91 Å². The SMILES string of the molecule is COc1cccc(CC2CCNC2)c1NC(C)=O. The molecule has 1 saturated heterocycles. The molecule has 0 radical (unpaired) electrons. The first-order valence-corrected chi connectivity index (χ1v) is 6.35. The van der Waals surface area contributed by atoms with Crippen LogP contribution in [0, 0.1) is 5.92 Å². The van der Waals surface area contributed by atoms with Gasteiger partial charge in [-0.3, -0.25) is 4.79 Å². The number of methoxy groups -OCH3 is 1. The third-order valence-corrected chi connectivity index (χ3v) is 3.30. The van der Waals surface area contributed by atoms with Crippen molar-refractivity contribution in [3.05, 3.63) is 23.8 Å². The zero-order chi connectivity index (χ0) is 13.0. The lowest BCUT2D eigenvalue weighted by Gasteiger charge is -2.16. The average molecular weight is 248 g/mol. The number of rotatable bonds is 4. The number of carbonyl (C=O) groups excluding carboxylic acids is 1. The third-order valence-electron chi connectivity index (χ3n) is 3.30. The van der Waals surface area contributed by atoms with E-state index in [1.165, 1.54) is 13.3 Å². The van der Waals surface area contributed by atoms with Gasteiger partial charge in [0.2, 0.25) is 5.91 Å². The molecule has 1 aromatic rings. The van der Waals surface area contributed by atoms with Gasteiger partial charge >= 0.3 is 0 Å². The first kappa shape index (κ1) is 12.9. The van der Waals surface area contributed by atoms with E-state index in [0.717, 1.165) is 36.5 Å². The second-order valence-electron chi connectivity index (χ2n) is 4.74. The lowest BCUT2D eigenvalue weighted by molar-refractivity contribution is -0.114. The molecule has 0 bridgehead atoms. The summed E-state index contributed by atoms with van der Waals surface area (Å²) >= 11 is 0. The van der Waals surface area contributed by atoms with Crippen LogP contribution in [0.3, 0.4) is 0 Å². The van der Waals surface area contributed by atoms with E-state index in [0.29, 0.717) is 5.92 Å². The molecule has 1 aromatic carbocycles. The highest BCUT2D eigenvalue weighted by Gasteiger charge is 2.18. The molecule has 0 saturated carbocycles. The van der Waals surface area contributed by atoms with Gasteiger partial charge < -0.3 is 15.4 Å². The fourth-order valence-electron chi connectivity index (χ4n) is 2.43. The van der Waals surface area contributed by atoms with Crippen LogP contribution in [0.4, 0.5) is 5.69 Å². The standard InChI is InChI=1S/C14H20N2O2/c1-10(17)16-14-12(4-3-5-13(14)18-2)8-11-6-7-15-9-11/h3-5,11,15H,6-9H2,1-2H3,(H,16,17). The van der Waals surface area contributed by atoms with E-state index < -0.39 is 0 Å². The Hall–Kier alpha value is -1.55. The molecular weight excluding hydrogens is 228 g/mol. The molecule has 1 heterocycles. The molecule has 0 aliphatic carbocycles. The maximum absolute atomic E-state index is 11.3. The molecule has 4 heteroatoms. The van der Waals surface area contributed by atoms with Crippen LogP contribution in [0.5, 0.6) is 5.75 Å². The molecule has 0 spiro atoms. The van der Waals surface area contributed by atoms with Crippen molar-refractivity contribution in [2.45, 2.75) is 19.8 Å². The van der Waals surface area contributed by atoms with Gasteiger partial charge in [-0.15, -0.1) is 0 Å². The summed E-state index contributed by atoms with van der Waals surface area (Å²) in [7, 11) is 1.63. The fourth-order valence-corrected chi connectivity index (χ4v) is 2.43. The Bertz CT molecular complexity index is 426. The number of carbonyl (C=O) groups is 1. The van der Waals surface area contributed by atoms with E-state index in [1.807, 2.05) is 12.1 Å². The highest BCUT2D eigenvalue weighted by atomic mass is 16.5. The van der Waals surface area contributed by atoms with Gasteiger partial charge in [-0.25, -0.2) is 0 Å². The Morgan fingerprint density at radius 1 is 1.56 bits per heavy atom. The van der Waals surface area contributed by atoms with Crippen molar-refractivity contribution in [1.82, 2.24) is 5.32 Å². The summed E-state index contributed by atoms with van der Waals surface area (Å²) in [6.07, 6.45) is 2.16. The van der Waals surface area contributed by atoms with Crippen molar-refractivity contribution < 1.29 is 9.53 Å². The Kier molecular flexibility index (Phi) is 4.20. The molecule has 1 aliphatic heterocycles. The maximum Gasteiger partial charge on any atom is 0.221 e. The van der Waals surface area contributed by atoms with Crippen LogP contribution in [0.1, 0.15) is 18.9 Å². The first-order chi connectivity index (χ1) is 8.70. The monoisotopic (exact) mass is 248 g/mol. The van der Waals surface area contributed by atoms with Gasteiger partial charge in [0.25, 0.3) is 0 Å². The second kappa shape index (κ2) is 5.87. The molecule has 18 heavy (non-hydrogen) atoms. The van der Waals surface area contributed by atoms with E-state index in [1.54, 1.807) is 7.11 Å². The van der Waals surface area contributed by atoms with Gasteiger partial charge in [0.1, 0.15) is 5.75 Å². The normalized spacial score (nSPS) is 18.7. The van der Waals surface area contributed by atoms with Gasteiger partial charge in [0, 0.05) is 6.92 Å². The van der Waals surface area contributed by atoms with Crippen LogP contribution in [0.2, 0.25) is 0 Å².